The van der Waals surface area contributed by atoms with E-state index < -0.39 is 23.4 Å². The topological polar surface area (TPSA) is 108 Å². The van der Waals surface area contributed by atoms with Gasteiger partial charge in [0.25, 0.3) is 11.6 Å². The zero-order valence-electron chi connectivity index (χ0n) is 15.1. The fourth-order valence-electron chi connectivity index (χ4n) is 2.27. The molecule has 0 heterocycles. The number of nitrogens with one attached hydrogen (secondary N) is 1. The van der Waals surface area contributed by atoms with Gasteiger partial charge in [0.15, 0.2) is 6.61 Å². The van der Waals surface area contributed by atoms with Crippen molar-refractivity contribution < 1.29 is 24.0 Å². The lowest BCUT2D eigenvalue weighted by molar-refractivity contribution is -0.384. The largest absolute Gasteiger partial charge is 0.493 e. The SMILES string of the molecule is Cc1cc([N+](=O)[O-])ccc1NC(=O)COC(=O)CCOc1ccccc1C. The first kappa shape index (κ1) is 19.9. The summed E-state index contributed by atoms with van der Waals surface area (Å²) in [6.45, 7) is 3.24. The normalized spacial score (nSPS) is 10.1. The number of nitrogens with zero attached hydrogens (tertiary/aromatic N) is 1. The van der Waals surface area contributed by atoms with Crippen LogP contribution in [0.1, 0.15) is 17.5 Å². The fourth-order valence-corrected chi connectivity index (χ4v) is 2.27. The maximum Gasteiger partial charge on any atom is 0.309 e. The molecule has 0 radical (unpaired) electrons. The molecule has 2 rings (SSSR count). The Kier molecular flexibility index (Phi) is 6.87. The molecular weight excluding hydrogens is 352 g/mol. The minimum absolute atomic E-state index is 0.0121. The average Bonchev–Trinajstić information content (AvgIpc) is 2.63. The predicted molar refractivity (Wildman–Crippen MR) is 98.7 cm³/mol. The highest BCUT2D eigenvalue weighted by molar-refractivity contribution is 5.93. The molecule has 0 aliphatic heterocycles. The van der Waals surface area contributed by atoms with E-state index in [1.807, 2.05) is 25.1 Å². The summed E-state index contributed by atoms with van der Waals surface area (Å²) < 4.78 is 10.4. The third kappa shape index (κ3) is 6.10. The summed E-state index contributed by atoms with van der Waals surface area (Å²) in [6, 6.07) is 11.5. The van der Waals surface area contributed by atoms with E-state index in [0.717, 1.165) is 5.56 Å². The van der Waals surface area contributed by atoms with Crippen molar-refractivity contribution in [2.75, 3.05) is 18.5 Å². The highest BCUT2D eigenvalue weighted by atomic mass is 16.6. The van der Waals surface area contributed by atoms with Gasteiger partial charge in [0.05, 0.1) is 18.0 Å². The highest BCUT2D eigenvalue weighted by Crippen LogP contribution is 2.21. The lowest BCUT2D eigenvalue weighted by Crippen LogP contribution is -2.22. The number of amides is 1. The minimum atomic E-state index is -0.556. The second kappa shape index (κ2) is 9.33. The van der Waals surface area contributed by atoms with Crippen LogP contribution < -0.4 is 10.1 Å². The van der Waals surface area contributed by atoms with Gasteiger partial charge < -0.3 is 14.8 Å². The Morgan fingerprint density at radius 3 is 2.52 bits per heavy atom. The molecule has 0 aliphatic rings. The molecule has 0 fully saturated rings. The Morgan fingerprint density at radius 2 is 1.85 bits per heavy atom. The lowest BCUT2D eigenvalue weighted by Gasteiger charge is -2.10. The van der Waals surface area contributed by atoms with Gasteiger partial charge in [-0.15, -0.1) is 0 Å². The van der Waals surface area contributed by atoms with Crippen molar-refractivity contribution in [2.24, 2.45) is 0 Å². The van der Waals surface area contributed by atoms with E-state index in [0.29, 0.717) is 17.0 Å². The monoisotopic (exact) mass is 372 g/mol. The Bertz CT molecular complexity index is 850. The van der Waals surface area contributed by atoms with Crippen molar-refractivity contribution in [2.45, 2.75) is 20.3 Å². The van der Waals surface area contributed by atoms with E-state index in [4.69, 9.17) is 9.47 Å². The second-order valence-corrected chi connectivity index (χ2v) is 5.83. The minimum Gasteiger partial charge on any atom is -0.493 e. The number of anilines is 1. The van der Waals surface area contributed by atoms with Crippen LogP contribution in [0.2, 0.25) is 0 Å². The number of para-hydroxylation sites is 1. The maximum atomic E-state index is 11.9. The van der Waals surface area contributed by atoms with Crippen LogP contribution in [0.3, 0.4) is 0 Å². The molecule has 142 valence electrons. The second-order valence-electron chi connectivity index (χ2n) is 5.83. The molecule has 0 spiro atoms. The van der Waals surface area contributed by atoms with Gasteiger partial charge in [-0.2, -0.15) is 0 Å². The number of nitro groups is 1. The van der Waals surface area contributed by atoms with Gasteiger partial charge in [-0.3, -0.25) is 19.7 Å². The van der Waals surface area contributed by atoms with Crippen LogP contribution in [0.5, 0.6) is 5.75 Å². The molecule has 2 aromatic carbocycles. The molecule has 27 heavy (non-hydrogen) atoms. The van der Waals surface area contributed by atoms with Crippen LogP contribution in [-0.4, -0.2) is 30.0 Å². The van der Waals surface area contributed by atoms with Gasteiger partial charge in [0.1, 0.15) is 5.75 Å². The van der Waals surface area contributed by atoms with Crippen molar-refractivity contribution in [3.8, 4) is 5.75 Å². The number of rotatable bonds is 8. The molecule has 8 heteroatoms. The van der Waals surface area contributed by atoms with Gasteiger partial charge in [-0.1, -0.05) is 18.2 Å². The summed E-state index contributed by atoms with van der Waals surface area (Å²) in [7, 11) is 0. The van der Waals surface area contributed by atoms with E-state index in [9.17, 15) is 19.7 Å². The first-order chi connectivity index (χ1) is 12.9. The molecule has 8 nitrogen and oxygen atoms in total. The van der Waals surface area contributed by atoms with Gasteiger partial charge in [-0.25, -0.2) is 0 Å². The van der Waals surface area contributed by atoms with Crippen LogP contribution >= 0.6 is 0 Å². The smallest absolute Gasteiger partial charge is 0.309 e. The number of aryl methyl sites for hydroxylation is 2. The summed E-state index contributed by atoms with van der Waals surface area (Å²) in [5.41, 5.74) is 1.86. The van der Waals surface area contributed by atoms with Crippen LogP contribution in [0.25, 0.3) is 0 Å². The van der Waals surface area contributed by atoms with Crippen molar-refractivity contribution in [3.05, 3.63) is 63.7 Å². The fraction of sp³-hybridized carbons (Fsp3) is 0.263. The summed E-state index contributed by atoms with van der Waals surface area (Å²) in [6.07, 6.45) is 0.0121. The molecule has 0 saturated heterocycles. The highest BCUT2D eigenvalue weighted by Gasteiger charge is 2.12. The predicted octanol–water partition coefficient (Wildman–Crippen LogP) is 3.16. The summed E-state index contributed by atoms with van der Waals surface area (Å²) >= 11 is 0. The maximum absolute atomic E-state index is 11.9. The van der Waals surface area contributed by atoms with Gasteiger partial charge in [0, 0.05) is 17.8 Å². The van der Waals surface area contributed by atoms with Gasteiger partial charge in [-0.05, 0) is 37.1 Å². The van der Waals surface area contributed by atoms with E-state index in [1.165, 1.54) is 18.2 Å². The molecule has 2 aromatic rings. The zero-order valence-corrected chi connectivity index (χ0v) is 15.1. The molecule has 0 aromatic heterocycles. The van der Waals surface area contributed by atoms with Gasteiger partial charge >= 0.3 is 5.97 Å². The summed E-state index contributed by atoms with van der Waals surface area (Å²) in [5.74, 6) is -0.393. The number of nitro benzene ring substituents is 1. The molecule has 1 amide bonds. The van der Waals surface area contributed by atoms with Crippen molar-refractivity contribution in [1.82, 2.24) is 0 Å². The van der Waals surface area contributed by atoms with Crippen LogP contribution in [0.4, 0.5) is 11.4 Å². The van der Waals surface area contributed by atoms with Crippen molar-refractivity contribution in [1.29, 1.82) is 0 Å². The summed E-state index contributed by atoms with van der Waals surface area (Å²) in [4.78, 5) is 33.8. The zero-order chi connectivity index (χ0) is 19.8. The van der Waals surface area contributed by atoms with Crippen LogP contribution in [0.15, 0.2) is 42.5 Å². The Balaban J connectivity index is 1.74. The molecule has 0 bridgehead atoms. The Hall–Kier alpha value is -3.42. The number of carbonyl (C=O) groups is 2. The molecule has 0 aliphatic carbocycles. The molecule has 1 N–H and O–H groups in total. The first-order valence-electron chi connectivity index (χ1n) is 8.26. The molecular formula is C19H20N2O6. The number of hydrogen-bond donors (Lipinski definition) is 1. The van der Waals surface area contributed by atoms with Crippen LogP contribution in [0, 0.1) is 24.0 Å². The number of carbonyl (C=O) groups excluding carboxylic acids is 2. The number of esters is 1. The molecule has 0 saturated carbocycles. The first-order valence-corrected chi connectivity index (χ1v) is 8.26. The van der Waals surface area contributed by atoms with E-state index in [2.05, 4.69) is 5.32 Å². The standard InChI is InChI=1S/C19H20N2O6/c1-13-5-3-4-6-17(13)26-10-9-19(23)27-12-18(22)20-16-8-7-15(21(24)25)11-14(16)2/h3-8,11H,9-10,12H2,1-2H3,(H,20,22). The Labute approximate surface area is 156 Å². The number of hydrogen-bond acceptors (Lipinski definition) is 6. The number of benzene rings is 2. The quantitative estimate of drug-likeness (QED) is 0.433. The third-order valence-electron chi connectivity index (χ3n) is 3.72. The molecule has 0 unspecified atom stereocenters. The molecule has 0 atom stereocenters. The van der Waals surface area contributed by atoms with Crippen molar-refractivity contribution in [3.63, 3.8) is 0 Å². The number of ether oxygens (including phenoxy) is 2. The third-order valence-corrected chi connectivity index (χ3v) is 3.72. The van der Waals surface area contributed by atoms with Gasteiger partial charge in [0.2, 0.25) is 0 Å². The average molecular weight is 372 g/mol. The lowest BCUT2D eigenvalue weighted by atomic mass is 10.2. The Morgan fingerprint density at radius 1 is 1.11 bits per heavy atom. The van der Waals surface area contributed by atoms with E-state index >= 15 is 0 Å². The van der Waals surface area contributed by atoms with E-state index in [1.54, 1.807) is 13.0 Å². The number of non-ortho nitro benzene ring substituents is 1. The van der Waals surface area contributed by atoms with Crippen LogP contribution in [-0.2, 0) is 14.3 Å². The van der Waals surface area contributed by atoms with E-state index in [-0.39, 0.29) is 18.7 Å². The summed E-state index contributed by atoms with van der Waals surface area (Å²) in [5, 5.41) is 13.3. The van der Waals surface area contributed by atoms with Crippen molar-refractivity contribution >= 4 is 23.3 Å².